The normalized spacial score (nSPS) is 19.7. The molecule has 2 aromatic rings. The Bertz CT molecular complexity index is 798. The Hall–Kier alpha value is -2.38. The van der Waals surface area contributed by atoms with Crippen molar-refractivity contribution in [2.45, 2.75) is 41.6 Å². The van der Waals surface area contributed by atoms with Gasteiger partial charge in [-0.1, -0.05) is 30.0 Å². The van der Waals surface area contributed by atoms with Crippen LogP contribution in [-0.2, 0) is 0 Å². The van der Waals surface area contributed by atoms with Gasteiger partial charge in [-0.15, -0.1) is 0 Å². The zero-order valence-electron chi connectivity index (χ0n) is 14.5. The van der Waals surface area contributed by atoms with E-state index in [1.54, 1.807) is 6.07 Å². The first-order chi connectivity index (χ1) is 12.5. The van der Waals surface area contributed by atoms with Gasteiger partial charge in [-0.2, -0.15) is 0 Å². The topological polar surface area (TPSA) is 84.3 Å². The summed E-state index contributed by atoms with van der Waals surface area (Å²) in [5, 5.41) is 17.5. The Morgan fingerprint density at radius 3 is 2.73 bits per heavy atom. The zero-order valence-corrected chi connectivity index (χ0v) is 15.3. The molecule has 2 N–H and O–H groups in total. The van der Waals surface area contributed by atoms with Crippen molar-refractivity contribution in [3.8, 4) is 0 Å². The van der Waals surface area contributed by atoms with Gasteiger partial charge >= 0.3 is 0 Å². The molecule has 0 saturated carbocycles. The van der Waals surface area contributed by atoms with E-state index < -0.39 is 4.92 Å². The number of rotatable bonds is 5. The molecular formula is C19H21N3O3S. The Kier molecular flexibility index (Phi) is 5.90. The van der Waals surface area contributed by atoms with E-state index in [4.69, 9.17) is 0 Å². The molecule has 2 aromatic carbocycles. The lowest BCUT2D eigenvalue weighted by molar-refractivity contribution is -0.384. The van der Waals surface area contributed by atoms with Crippen LogP contribution in [0.1, 0.15) is 30.1 Å². The number of hydrogen-bond acceptors (Lipinski definition) is 5. The van der Waals surface area contributed by atoms with Gasteiger partial charge in [0.1, 0.15) is 0 Å². The van der Waals surface area contributed by atoms with Crippen molar-refractivity contribution >= 4 is 23.4 Å². The predicted molar refractivity (Wildman–Crippen MR) is 102 cm³/mol. The summed E-state index contributed by atoms with van der Waals surface area (Å²) in [5.74, 6) is -0.271. The van der Waals surface area contributed by atoms with E-state index >= 15 is 0 Å². The van der Waals surface area contributed by atoms with Crippen LogP contribution >= 0.6 is 11.8 Å². The molecule has 1 fully saturated rings. The van der Waals surface area contributed by atoms with Crippen molar-refractivity contribution in [1.82, 2.24) is 10.6 Å². The number of hydrogen-bond donors (Lipinski definition) is 2. The maximum Gasteiger partial charge on any atom is 0.270 e. The van der Waals surface area contributed by atoms with E-state index in [2.05, 4.69) is 10.6 Å². The molecule has 1 aliphatic heterocycles. The van der Waals surface area contributed by atoms with E-state index in [9.17, 15) is 14.9 Å². The largest absolute Gasteiger partial charge is 0.348 e. The molecule has 1 amide bonds. The Morgan fingerprint density at radius 1 is 1.27 bits per heavy atom. The molecule has 0 bridgehead atoms. The second-order valence-corrected chi connectivity index (χ2v) is 7.43. The fraction of sp³-hybridized carbons (Fsp3) is 0.316. The molecule has 0 radical (unpaired) electrons. The van der Waals surface area contributed by atoms with Gasteiger partial charge in [0.15, 0.2) is 0 Å². The van der Waals surface area contributed by atoms with Crippen LogP contribution in [0.2, 0.25) is 0 Å². The average molecular weight is 371 g/mol. The molecule has 1 aliphatic rings. The van der Waals surface area contributed by atoms with Crippen LogP contribution in [0.4, 0.5) is 5.69 Å². The molecule has 0 spiro atoms. The summed E-state index contributed by atoms with van der Waals surface area (Å²) in [4.78, 5) is 25.2. The maximum absolute atomic E-state index is 12.9. The zero-order chi connectivity index (χ0) is 18.5. The minimum atomic E-state index is -0.474. The second kappa shape index (κ2) is 8.33. The number of nitrogens with zero attached hydrogens (tertiary/aromatic N) is 1. The highest BCUT2D eigenvalue weighted by Crippen LogP contribution is 2.32. The van der Waals surface area contributed by atoms with Crippen molar-refractivity contribution < 1.29 is 9.72 Å². The Morgan fingerprint density at radius 2 is 2.04 bits per heavy atom. The van der Waals surface area contributed by atoms with Crippen LogP contribution < -0.4 is 10.6 Å². The second-order valence-electron chi connectivity index (χ2n) is 6.32. The summed E-state index contributed by atoms with van der Waals surface area (Å²) in [6.07, 6.45) is 1.89. The first-order valence-electron chi connectivity index (χ1n) is 8.60. The molecule has 7 heteroatoms. The lowest BCUT2D eigenvalue weighted by atomic mass is 9.99. The quantitative estimate of drug-likeness (QED) is 0.619. The third-order valence-corrected chi connectivity index (χ3v) is 5.55. The van der Waals surface area contributed by atoms with E-state index in [0.29, 0.717) is 10.5 Å². The summed E-state index contributed by atoms with van der Waals surface area (Å²) in [7, 11) is 0. The molecule has 2 atom stereocenters. The smallest absolute Gasteiger partial charge is 0.270 e. The molecule has 0 aromatic heterocycles. The molecule has 136 valence electrons. The molecule has 3 rings (SSSR count). The highest BCUT2D eigenvalue weighted by molar-refractivity contribution is 7.99. The van der Waals surface area contributed by atoms with Crippen molar-refractivity contribution in [3.63, 3.8) is 0 Å². The van der Waals surface area contributed by atoms with Gasteiger partial charge in [0.25, 0.3) is 11.6 Å². The number of benzene rings is 2. The molecule has 26 heavy (non-hydrogen) atoms. The summed E-state index contributed by atoms with van der Waals surface area (Å²) in [6, 6.07) is 14.3. The highest BCUT2D eigenvalue weighted by Gasteiger charge is 2.25. The number of piperidine rings is 1. The van der Waals surface area contributed by atoms with Crippen molar-refractivity contribution in [2.75, 3.05) is 6.54 Å². The first kappa shape index (κ1) is 18.4. The number of nitrogens with one attached hydrogen (secondary N) is 2. The van der Waals surface area contributed by atoms with Crippen LogP contribution in [0, 0.1) is 10.1 Å². The number of carbonyl (C=O) groups excluding carboxylic acids is 1. The lowest BCUT2D eigenvalue weighted by Gasteiger charge is -2.30. The van der Waals surface area contributed by atoms with Crippen LogP contribution in [0.5, 0.6) is 0 Å². The van der Waals surface area contributed by atoms with Crippen LogP contribution in [0.15, 0.2) is 58.3 Å². The third-order valence-electron chi connectivity index (χ3n) is 4.47. The van der Waals surface area contributed by atoms with E-state index in [1.165, 1.54) is 23.9 Å². The van der Waals surface area contributed by atoms with Crippen LogP contribution in [0.3, 0.4) is 0 Å². The van der Waals surface area contributed by atoms with Gasteiger partial charge in [-0.25, -0.2) is 0 Å². The van der Waals surface area contributed by atoms with Crippen molar-refractivity contribution in [3.05, 3.63) is 64.2 Å². The fourth-order valence-corrected chi connectivity index (χ4v) is 3.95. The SMILES string of the molecule is CC1NCCCC1NC(=O)c1cc([N+](=O)[O-])ccc1Sc1ccccc1. The van der Waals surface area contributed by atoms with Crippen LogP contribution in [0.25, 0.3) is 0 Å². The summed E-state index contributed by atoms with van der Waals surface area (Å²) >= 11 is 1.43. The molecular weight excluding hydrogens is 350 g/mol. The van der Waals surface area contributed by atoms with Crippen molar-refractivity contribution in [2.24, 2.45) is 0 Å². The number of non-ortho nitro benzene ring substituents is 1. The van der Waals surface area contributed by atoms with E-state index in [0.717, 1.165) is 24.3 Å². The molecule has 6 nitrogen and oxygen atoms in total. The van der Waals surface area contributed by atoms with Gasteiger partial charge in [0.05, 0.1) is 10.5 Å². The third kappa shape index (κ3) is 4.42. The van der Waals surface area contributed by atoms with Gasteiger partial charge in [0.2, 0.25) is 0 Å². The molecule has 0 aliphatic carbocycles. The van der Waals surface area contributed by atoms with E-state index in [-0.39, 0.29) is 23.7 Å². The highest BCUT2D eigenvalue weighted by atomic mass is 32.2. The monoisotopic (exact) mass is 371 g/mol. The molecule has 1 saturated heterocycles. The number of nitro benzene ring substituents is 1. The van der Waals surface area contributed by atoms with Gasteiger partial charge in [-0.3, -0.25) is 14.9 Å². The Balaban J connectivity index is 1.87. The number of amides is 1. The summed E-state index contributed by atoms with van der Waals surface area (Å²) in [6.45, 7) is 2.98. The van der Waals surface area contributed by atoms with Crippen molar-refractivity contribution in [1.29, 1.82) is 0 Å². The minimum Gasteiger partial charge on any atom is -0.348 e. The minimum absolute atomic E-state index is 0.0186. The maximum atomic E-state index is 12.9. The summed E-state index contributed by atoms with van der Waals surface area (Å²) < 4.78 is 0. The average Bonchev–Trinajstić information content (AvgIpc) is 2.64. The lowest BCUT2D eigenvalue weighted by Crippen LogP contribution is -2.51. The standard InChI is InChI=1S/C19H21N3O3S/c1-13-17(8-5-11-20-13)21-19(23)16-12-14(22(24)25)9-10-18(16)26-15-6-3-2-4-7-15/h2-4,6-7,9-10,12-13,17,20H,5,8,11H2,1H3,(H,21,23). The fourth-order valence-electron chi connectivity index (χ4n) is 3.00. The van der Waals surface area contributed by atoms with Gasteiger partial charge in [-0.05, 0) is 44.5 Å². The number of carbonyl (C=O) groups is 1. The first-order valence-corrected chi connectivity index (χ1v) is 9.42. The van der Waals surface area contributed by atoms with Gasteiger partial charge in [0, 0.05) is 34.0 Å². The number of nitro groups is 1. The molecule has 1 heterocycles. The van der Waals surface area contributed by atoms with Gasteiger partial charge < -0.3 is 10.6 Å². The van der Waals surface area contributed by atoms with Crippen LogP contribution in [-0.4, -0.2) is 29.5 Å². The van der Waals surface area contributed by atoms with E-state index in [1.807, 2.05) is 37.3 Å². The Labute approximate surface area is 156 Å². The molecule has 2 unspecified atom stereocenters. The predicted octanol–water partition coefficient (Wildman–Crippen LogP) is 3.62. The summed E-state index contributed by atoms with van der Waals surface area (Å²) in [5.41, 5.74) is 0.258.